The normalized spacial score (nSPS) is 42.1. The van der Waals surface area contributed by atoms with Crippen LogP contribution in [0.25, 0.3) is 0 Å². The quantitative estimate of drug-likeness (QED) is 0.836. The molecule has 4 unspecified atom stereocenters. The van der Waals surface area contributed by atoms with Crippen LogP contribution in [0.5, 0.6) is 0 Å². The molecule has 4 atom stereocenters. The molecule has 4 rings (SSSR count). The fraction of sp³-hybridized carbons (Fsp3) is 1.00. The second-order valence-corrected chi connectivity index (χ2v) is 8.02. The Balaban J connectivity index is 1.77. The lowest BCUT2D eigenvalue weighted by Gasteiger charge is -2.50. The predicted molar refractivity (Wildman–Crippen MR) is 84.6 cm³/mol. The SMILES string of the molecule is CC(C)CN1CC2C3CCN(CC3)C2C1CC(C)CN. The van der Waals surface area contributed by atoms with Gasteiger partial charge in [0.15, 0.2) is 0 Å². The molecule has 0 aromatic rings. The van der Waals surface area contributed by atoms with E-state index in [1.807, 2.05) is 0 Å². The Hall–Kier alpha value is -0.120. The number of piperidine rings is 3. The van der Waals surface area contributed by atoms with E-state index in [0.717, 1.165) is 36.4 Å². The summed E-state index contributed by atoms with van der Waals surface area (Å²) in [5.74, 6) is 3.40. The molecule has 2 N–H and O–H groups in total. The van der Waals surface area contributed by atoms with Crippen molar-refractivity contribution in [1.82, 2.24) is 9.80 Å². The van der Waals surface area contributed by atoms with Gasteiger partial charge in [-0.2, -0.15) is 0 Å². The van der Waals surface area contributed by atoms with Crippen LogP contribution in [0.1, 0.15) is 40.0 Å². The highest BCUT2D eigenvalue weighted by atomic mass is 15.3. The van der Waals surface area contributed by atoms with Gasteiger partial charge in [0.05, 0.1) is 0 Å². The van der Waals surface area contributed by atoms with Gasteiger partial charge in [0.2, 0.25) is 0 Å². The number of hydrogen-bond donors (Lipinski definition) is 1. The molecule has 20 heavy (non-hydrogen) atoms. The summed E-state index contributed by atoms with van der Waals surface area (Å²) in [6.07, 6.45) is 4.21. The van der Waals surface area contributed by atoms with Crippen LogP contribution < -0.4 is 5.73 Å². The minimum absolute atomic E-state index is 0.662. The molecule has 0 aromatic carbocycles. The van der Waals surface area contributed by atoms with Crippen LogP contribution in [0.3, 0.4) is 0 Å². The van der Waals surface area contributed by atoms with Crippen LogP contribution in [0.4, 0.5) is 0 Å². The standard InChI is InChI=1S/C17H33N3/c1-12(2)10-20-11-15-14-4-6-19(7-5-14)17(15)16(20)8-13(3)9-18/h12-17H,4-11,18H2,1-3H3. The zero-order valence-electron chi connectivity index (χ0n) is 13.6. The van der Waals surface area contributed by atoms with Crippen LogP contribution in [0.2, 0.25) is 0 Å². The summed E-state index contributed by atoms with van der Waals surface area (Å²) in [5.41, 5.74) is 5.91. The van der Waals surface area contributed by atoms with Gasteiger partial charge >= 0.3 is 0 Å². The Morgan fingerprint density at radius 3 is 2.45 bits per heavy atom. The lowest BCUT2D eigenvalue weighted by molar-refractivity contribution is 0.000127. The molecule has 0 aliphatic carbocycles. The summed E-state index contributed by atoms with van der Waals surface area (Å²) in [6.45, 7) is 13.2. The first-order valence-electron chi connectivity index (χ1n) is 8.78. The van der Waals surface area contributed by atoms with Gasteiger partial charge in [0.25, 0.3) is 0 Å². The molecule has 116 valence electrons. The molecule has 2 bridgehead atoms. The van der Waals surface area contributed by atoms with Crippen molar-refractivity contribution in [1.29, 1.82) is 0 Å². The van der Waals surface area contributed by atoms with E-state index < -0.39 is 0 Å². The summed E-state index contributed by atoms with van der Waals surface area (Å²) in [7, 11) is 0. The van der Waals surface area contributed by atoms with E-state index in [9.17, 15) is 0 Å². The van der Waals surface area contributed by atoms with Crippen LogP contribution in [0.15, 0.2) is 0 Å². The van der Waals surface area contributed by atoms with Crippen molar-refractivity contribution in [3.63, 3.8) is 0 Å². The van der Waals surface area contributed by atoms with Gasteiger partial charge in [-0.1, -0.05) is 20.8 Å². The number of hydrogen-bond acceptors (Lipinski definition) is 3. The zero-order chi connectivity index (χ0) is 14.3. The summed E-state index contributed by atoms with van der Waals surface area (Å²) < 4.78 is 0. The summed E-state index contributed by atoms with van der Waals surface area (Å²) in [6, 6.07) is 1.61. The highest BCUT2D eigenvalue weighted by Gasteiger charge is 2.52. The van der Waals surface area contributed by atoms with E-state index in [4.69, 9.17) is 5.73 Å². The molecule has 3 nitrogen and oxygen atoms in total. The maximum Gasteiger partial charge on any atom is 0.0294 e. The number of likely N-dealkylation sites (tertiary alicyclic amines) is 1. The first-order chi connectivity index (χ1) is 9.60. The van der Waals surface area contributed by atoms with Crippen molar-refractivity contribution in [3.05, 3.63) is 0 Å². The number of nitrogens with two attached hydrogens (primary N) is 1. The van der Waals surface area contributed by atoms with Crippen molar-refractivity contribution < 1.29 is 0 Å². The molecule has 0 spiro atoms. The van der Waals surface area contributed by atoms with Crippen LogP contribution in [-0.2, 0) is 0 Å². The molecule has 0 radical (unpaired) electrons. The molecule has 4 aliphatic heterocycles. The average molecular weight is 279 g/mol. The topological polar surface area (TPSA) is 32.5 Å². The minimum atomic E-state index is 0.662. The lowest BCUT2D eigenvalue weighted by atomic mass is 9.73. The number of fused-ring (bicyclic) bond motifs is 2. The predicted octanol–water partition coefficient (Wildman–Crippen LogP) is 2.02. The average Bonchev–Trinajstić information content (AvgIpc) is 2.79. The summed E-state index contributed by atoms with van der Waals surface area (Å²) >= 11 is 0. The molecular weight excluding hydrogens is 246 g/mol. The monoisotopic (exact) mass is 279 g/mol. The van der Waals surface area contributed by atoms with Crippen molar-refractivity contribution in [2.75, 3.05) is 32.7 Å². The van der Waals surface area contributed by atoms with Gasteiger partial charge in [-0.15, -0.1) is 0 Å². The fourth-order valence-electron chi connectivity index (χ4n) is 5.08. The molecule has 0 saturated carbocycles. The van der Waals surface area contributed by atoms with Gasteiger partial charge < -0.3 is 5.73 Å². The minimum Gasteiger partial charge on any atom is -0.330 e. The molecule has 0 amide bonds. The van der Waals surface area contributed by atoms with Crippen molar-refractivity contribution in [2.45, 2.75) is 52.1 Å². The second-order valence-electron chi connectivity index (χ2n) is 8.02. The van der Waals surface area contributed by atoms with E-state index in [1.165, 1.54) is 45.4 Å². The Morgan fingerprint density at radius 1 is 1.15 bits per heavy atom. The third-order valence-electron chi connectivity index (χ3n) is 5.99. The molecule has 4 heterocycles. The maximum absolute atomic E-state index is 5.91. The van der Waals surface area contributed by atoms with Gasteiger partial charge in [-0.25, -0.2) is 0 Å². The van der Waals surface area contributed by atoms with Crippen LogP contribution in [0, 0.1) is 23.7 Å². The van der Waals surface area contributed by atoms with Gasteiger partial charge in [0.1, 0.15) is 0 Å². The molecule has 4 aliphatic rings. The Kier molecular flexibility index (Phi) is 4.40. The first kappa shape index (κ1) is 14.8. The van der Waals surface area contributed by atoms with Gasteiger partial charge in [-0.3, -0.25) is 9.80 Å². The number of nitrogens with zero attached hydrogens (tertiary/aromatic N) is 2. The van der Waals surface area contributed by atoms with E-state index in [0.29, 0.717) is 5.92 Å². The second kappa shape index (κ2) is 5.94. The zero-order valence-corrected chi connectivity index (χ0v) is 13.6. The van der Waals surface area contributed by atoms with Crippen molar-refractivity contribution in [3.8, 4) is 0 Å². The highest BCUT2D eigenvalue weighted by molar-refractivity contribution is 5.06. The molecule has 3 heteroatoms. The molecule has 4 fully saturated rings. The summed E-state index contributed by atoms with van der Waals surface area (Å²) in [5, 5.41) is 0. The third kappa shape index (κ3) is 2.65. The highest BCUT2D eigenvalue weighted by Crippen LogP contribution is 2.45. The molecule has 0 aromatic heterocycles. The summed E-state index contributed by atoms with van der Waals surface area (Å²) in [4.78, 5) is 5.64. The van der Waals surface area contributed by atoms with Crippen molar-refractivity contribution >= 4 is 0 Å². The fourth-order valence-corrected chi connectivity index (χ4v) is 5.08. The Bertz CT molecular complexity index is 322. The maximum atomic E-state index is 5.91. The first-order valence-corrected chi connectivity index (χ1v) is 8.78. The number of rotatable bonds is 5. The largest absolute Gasteiger partial charge is 0.330 e. The van der Waals surface area contributed by atoms with Gasteiger partial charge in [0, 0.05) is 25.2 Å². The molecular formula is C17H33N3. The Labute approximate surface area is 124 Å². The molecule has 4 saturated heterocycles. The van der Waals surface area contributed by atoms with Gasteiger partial charge in [-0.05, 0) is 62.6 Å². The Morgan fingerprint density at radius 2 is 1.85 bits per heavy atom. The third-order valence-corrected chi connectivity index (χ3v) is 5.99. The van der Waals surface area contributed by atoms with E-state index >= 15 is 0 Å². The smallest absolute Gasteiger partial charge is 0.0294 e. The van der Waals surface area contributed by atoms with E-state index in [2.05, 4.69) is 30.6 Å². The van der Waals surface area contributed by atoms with Crippen LogP contribution in [-0.4, -0.2) is 54.6 Å². The van der Waals surface area contributed by atoms with Crippen molar-refractivity contribution in [2.24, 2.45) is 29.4 Å². The van der Waals surface area contributed by atoms with E-state index in [1.54, 1.807) is 0 Å². The van der Waals surface area contributed by atoms with Crippen LogP contribution >= 0.6 is 0 Å². The van der Waals surface area contributed by atoms with E-state index in [-0.39, 0.29) is 0 Å². The lowest BCUT2D eigenvalue weighted by Crippen LogP contribution is -2.57.